The number of carboxylic acid groups (broad SMARTS) is 2. The van der Waals surface area contributed by atoms with Crippen LogP contribution < -0.4 is 20.3 Å². The third-order valence-corrected chi connectivity index (χ3v) is 7.49. The zero-order valence-electron chi connectivity index (χ0n) is 22.4. The quantitative estimate of drug-likeness (QED) is 0.213. The Kier molecular flexibility index (Phi) is 11.3. The smallest absolute Gasteiger partial charge is 0.232 e. The van der Waals surface area contributed by atoms with Crippen molar-refractivity contribution in [2.75, 3.05) is 11.9 Å². The molecule has 0 unspecified atom stereocenters. The minimum atomic E-state index is -1.45. The van der Waals surface area contributed by atoms with Crippen LogP contribution in [-0.4, -0.2) is 30.2 Å². The van der Waals surface area contributed by atoms with Gasteiger partial charge < -0.3 is 29.9 Å². The van der Waals surface area contributed by atoms with E-state index in [0.717, 1.165) is 37.4 Å². The largest absolute Gasteiger partial charge is 0.545 e. The third kappa shape index (κ3) is 8.44. The number of carbonyl (C=O) groups excluding carboxylic acids is 4. The molecule has 0 radical (unpaired) electrons. The highest BCUT2D eigenvalue weighted by molar-refractivity contribution is 7.99. The molecule has 1 amide bonds. The lowest BCUT2D eigenvalue weighted by Crippen LogP contribution is -2.23. The zero-order valence-corrected chi connectivity index (χ0v) is 23.3. The van der Waals surface area contributed by atoms with Gasteiger partial charge in [0.05, 0.1) is 36.2 Å². The van der Waals surface area contributed by atoms with Gasteiger partial charge in [-0.15, -0.1) is 0 Å². The summed E-state index contributed by atoms with van der Waals surface area (Å²) >= 11 is 1.01. The van der Waals surface area contributed by atoms with Crippen molar-refractivity contribution < 1.29 is 34.1 Å². The molecular weight excluding hydrogens is 530 g/mol. The predicted octanol–water partition coefficient (Wildman–Crippen LogP) is 4.37. The van der Waals surface area contributed by atoms with Crippen LogP contribution in [-0.2, 0) is 4.79 Å². The van der Waals surface area contributed by atoms with Crippen LogP contribution in [0.25, 0.3) is 0 Å². The normalized spacial score (nSPS) is 11.4. The maximum absolute atomic E-state index is 13.1. The molecule has 3 aromatic carbocycles. The Balaban J connectivity index is 1.78. The summed E-state index contributed by atoms with van der Waals surface area (Å²) < 4.78 is 5.99. The highest BCUT2D eigenvalue weighted by atomic mass is 32.2. The number of carbonyl (C=O) groups is 4. The molecule has 9 heteroatoms. The maximum atomic E-state index is 13.1. The molecule has 210 valence electrons. The van der Waals surface area contributed by atoms with E-state index in [1.165, 1.54) is 24.3 Å². The minimum absolute atomic E-state index is 0.0551. The number of rotatable bonds is 15. The molecular formula is C31H31NO7S-2. The van der Waals surface area contributed by atoms with Gasteiger partial charge in [-0.2, -0.15) is 0 Å². The van der Waals surface area contributed by atoms with Crippen LogP contribution in [0.15, 0.2) is 76.5 Å². The Morgan fingerprint density at radius 3 is 2.25 bits per heavy atom. The number of amides is 1. The molecule has 0 aromatic heterocycles. The van der Waals surface area contributed by atoms with Gasteiger partial charge in [0.1, 0.15) is 5.75 Å². The summed E-state index contributed by atoms with van der Waals surface area (Å²) in [6.07, 6.45) is 3.67. The molecule has 0 saturated carbocycles. The molecule has 0 saturated heterocycles. The van der Waals surface area contributed by atoms with Gasteiger partial charge in [0.25, 0.3) is 0 Å². The summed E-state index contributed by atoms with van der Waals surface area (Å²) in [5.41, 5.74) is 0.139. The lowest BCUT2D eigenvalue weighted by molar-refractivity contribution is -0.256. The predicted molar refractivity (Wildman–Crippen MR) is 148 cm³/mol. The fraction of sp³-hybridized carbons (Fsp3) is 0.290. The van der Waals surface area contributed by atoms with E-state index in [1.807, 2.05) is 0 Å². The first-order chi connectivity index (χ1) is 19.2. The highest BCUT2D eigenvalue weighted by Gasteiger charge is 2.19. The summed E-state index contributed by atoms with van der Waals surface area (Å²) in [4.78, 5) is 49.7. The topological polar surface area (TPSA) is 136 Å². The Hall–Kier alpha value is -4.11. The average Bonchev–Trinajstić information content (AvgIpc) is 2.94. The van der Waals surface area contributed by atoms with Crippen LogP contribution in [0.3, 0.4) is 0 Å². The second-order valence-electron chi connectivity index (χ2n) is 9.26. The monoisotopic (exact) mass is 561 g/mol. The van der Waals surface area contributed by atoms with Gasteiger partial charge in [0.2, 0.25) is 5.91 Å². The number of ether oxygens (including phenoxy) is 1. The van der Waals surface area contributed by atoms with Crippen LogP contribution in [0.5, 0.6) is 5.75 Å². The summed E-state index contributed by atoms with van der Waals surface area (Å²) in [7, 11) is 0. The molecule has 0 aliphatic rings. The average molecular weight is 562 g/mol. The Bertz CT molecular complexity index is 1370. The Morgan fingerprint density at radius 1 is 0.875 bits per heavy atom. The molecule has 3 rings (SSSR count). The van der Waals surface area contributed by atoms with Crippen molar-refractivity contribution in [2.45, 2.75) is 55.7 Å². The molecule has 3 aromatic rings. The molecule has 8 nitrogen and oxygen atoms in total. The molecule has 1 atom stereocenters. The van der Waals surface area contributed by atoms with Gasteiger partial charge in [0, 0.05) is 15.4 Å². The Labute approximate surface area is 237 Å². The van der Waals surface area contributed by atoms with Crippen LogP contribution in [0, 0.1) is 5.92 Å². The van der Waals surface area contributed by atoms with E-state index in [0.29, 0.717) is 28.1 Å². The number of hydrogen-bond donors (Lipinski definition) is 1. The fourth-order valence-electron chi connectivity index (χ4n) is 4.05. The van der Waals surface area contributed by atoms with Crippen molar-refractivity contribution in [3.8, 4) is 5.75 Å². The number of para-hydroxylation sites is 1. The summed E-state index contributed by atoms with van der Waals surface area (Å²) in [5, 5.41) is 25.6. The van der Waals surface area contributed by atoms with E-state index < -0.39 is 30.0 Å². The molecule has 0 spiro atoms. The molecule has 1 N–H and O–H groups in total. The van der Waals surface area contributed by atoms with Crippen molar-refractivity contribution in [1.82, 2.24) is 0 Å². The van der Waals surface area contributed by atoms with Crippen LogP contribution in [0.1, 0.15) is 77.0 Å². The van der Waals surface area contributed by atoms with Crippen molar-refractivity contribution in [3.05, 3.63) is 83.4 Å². The van der Waals surface area contributed by atoms with E-state index >= 15 is 0 Å². The molecule has 40 heavy (non-hydrogen) atoms. The van der Waals surface area contributed by atoms with E-state index in [4.69, 9.17) is 4.74 Å². The standard InChI is InChI=1S/C31H33NO7S/c1-3-5-10-20(4-2)19-39-26-13-8-6-11-22(26)25(33)18-29(34)32-24-17-21(30(35)36)15-16-28(24)40-27-14-9-7-12-23(27)31(37)38/h6-9,11-17,20H,3-5,10,18-19H2,1-2H3,(H,32,34)(H,35,36)(H,37,38)/p-2/t20-/m0/s1. The van der Waals surface area contributed by atoms with E-state index in [-0.39, 0.29) is 22.4 Å². The van der Waals surface area contributed by atoms with Crippen molar-refractivity contribution in [1.29, 1.82) is 0 Å². The SMILES string of the molecule is CCCC[C@H](CC)COc1ccccc1C(=O)CC(=O)Nc1cc(C(=O)[O-])ccc1Sc1ccccc1C(=O)[O-]. The van der Waals surface area contributed by atoms with Crippen molar-refractivity contribution in [3.63, 3.8) is 0 Å². The number of benzene rings is 3. The summed E-state index contributed by atoms with van der Waals surface area (Å²) in [6, 6.07) is 16.8. The zero-order chi connectivity index (χ0) is 29.1. The van der Waals surface area contributed by atoms with Crippen LogP contribution in [0.2, 0.25) is 0 Å². The molecule has 0 bridgehead atoms. The van der Waals surface area contributed by atoms with Crippen LogP contribution in [0.4, 0.5) is 5.69 Å². The molecule has 0 heterocycles. The fourth-order valence-corrected chi connectivity index (χ4v) is 5.05. The molecule has 0 fully saturated rings. The second kappa shape index (κ2) is 14.9. The summed E-state index contributed by atoms with van der Waals surface area (Å²) in [5.74, 6) is -3.18. The highest BCUT2D eigenvalue weighted by Crippen LogP contribution is 2.36. The maximum Gasteiger partial charge on any atom is 0.232 e. The summed E-state index contributed by atoms with van der Waals surface area (Å²) in [6.45, 7) is 4.70. The Morgan fingerprint density at radius 2 is 1.57 bits per heavy atom. The van der Waals surface area contributed by atoms with Gasteiger partial charge >= 0.3 is 0 Å². The molecule has 0 aliphatic heterocycles. The van der Waals surface area contributed by atoms with Crippen molar-refractivity contribution in [2.24, 2.45) is 5.92 Å². The first-order valence-corrected chi connectivity index (χ1v) is 13.9. The van der Waals surface area contributed by atoms with Crippen molar-refractivity contribution >= 4 is 41.1 Å². The second-order valence-corrected chi connectivity index (χ2v) is 10.3. The minimum Gasteiger partial charge on any atom is -0.545 e. The van der Waals surface area contributed by atoms with E-state index in [9.17, 15) is 29.4 Å². The number of ketones is 1. The number of hydrogen-bond acceptors (Lipinski definition) is 8. The number of aromatic carboxylic acids is 2. The number of carboxylic acids is 2. The van der Waals surface area contributed by atoms with Gasteiger partial charge in [-0.3, -0.25) is 9.59 Å². The van der Waals surface area contributed by atoms with Gasteiger partial charge in [-0.25, -0.2) is 0 Å². The van der Waals surface area contributed by atoms with Gasteiger partial charge in [0.15, 0.2) is 5.78 Å². The number of Topliss-reactive ketones (excluding diaryl/α,β-unsaturated/α-hetero) is 1. The molecule has 0 aliphatic carbocycles. The van der Waals surface area contributed by atoms with Gasteiger partial charge in [-0.1, -0.05) is 81.3 Å². The van der Waals surface area contributed by atoms with E-state index in [1.54, 1.807) is 42.5 Å². The number of anilines is 1. The van der Waals surface area contributed by atoms with E-state index in [2.05, 4.69) is 19.2 Å². The lowest BCUT2D eigenvalue weighted by Gasteiger charge is -2.17. The van der Waals surface area contributed by atoms with Gasteiger partial charge in [-0.05, 0) is 48.2 Å². The lowest BCUT2D eigenvalue weighted by atomic mass is 10.0. The number of nitrogens with one attached hydrogen (secondary N) is 1. The van der Waals surface area contributed by atoms with Crippen LogP contribution >= 0.6 is 11.8 Å². The number of unbranched alkanes of at least 4 members (excludes halogenated alkanes) is 1. The third-order valence-electron chi connectivity index (χ3n) is 6.34. The first-order valence-electron chi connectivity index (χ1n) is 13.1. The first kappa shape index (κ1) is 30.4.